The summed E-state index contributed by atoms with van der Waals surface area (Å²) >= 11 is 22.6. The molecule has 1 aromatic carbocycles. The van der Waals surface area contributed by atoms with Crippen LogP contribution in [0.2, 0.25) is 15.1 Å². The Labute approximate surface area is 101 Å². The fourth-order valence-electron chi connectivity index (χ4n) is 0.962. The van der Waals surface area contributed by atoms with Crippen molar-refractivity contribution in [3.05, 3.63) is 32.3 Å². The highest BCUT2D eigenvalue weighted by atomic mass is 35.5. The van der Waals surface area contributed by atoms with Gasteiger partial charge in [0.15, 0.2) is 0 Å². The third-order valence-corrected chi connectivity index (χ3v) is 3.29. The number of aliphatic hydroxyl groups is 2. The normalized spacial score (nSPS) is 11.9. The maximum Gasteiger partial charge on any atom is 0.272 e. The fraction of sp³-hybridized carbons (Fsp3) is 0.250. The first kappa shape index (κ1) is 12.4. The van der Waals surface area contributed by atoms with Crippen LogP contribution in [-0.2, 0) is 5.25 Å². The summed E-state index contributed by atoms with van der Waals surface area (Å²) in [6.45, 7) is 1.60. The van der Waals surface area contributed by atoms with Gasteiger partial charge in [-0.2, -0.15) is 0 Å². The summed E-state index contributed by atoms with van der Waals surface area (Å²) < 4.78 is 0. The average Bonchev–Trinajstić information content (AvgIpc) is 2.06. The molecule has 0 spiro atoms. The number of benzene rings is 1. The molecule has 0 saturated heterocycles. The van der Waals surface area contributed by atoms with Crippen LogP contribution in [0.1, 0.15) is 11.1 Å². The summed E-state index contributed by atoms with van der Waals surface area (Å²) in [6, 6.07) is 1.21. The van der Waals surface area contributed by atoms with Crippen LogP contribution < -0.4 is 0 Å². The summed E-state index contributed by atoms with van der Waals surface area (Å²) in [7, 11) is 0. The highest BCUT2D eigenvalue weighted by Crippen LogP contribution is 2.38. The Kier molecular flexibility index (Phi) is 3.58. The molecule has 0 aliphatic rings. The van der Waals surface area contributed by atoms with Crippen LogP contribution in [0.5, 0.6) is 0 Å². The van der Waals surface area contributed by atoms with Gasteiger partial charge in [-0.15, -0.1) is 0 Å². The molecular formula is C8H6Cl4O2. The van der Waals surface area contributed by atoms with E-state index in [1.807, 2.05) is 0 Å². The van der Waals surface area contributed by atoms with Crippen molar-refractivity contribution in [2.24, 2.45) is 0 Å². The quantitative estimate of drug-likeness (QED) is 0.469. The van der Waals surface area contributed by atoms with E-state index in [9.17, 15) is 0 Å². The second-order valence-corrected chi connectivity index (χ2v) is 4.44. The largest absolute Gasteiger partial charge is 0.350 e. The third-order valence-electron chi connectivity index (χ3n) is 1.72. The molecule has 0 unspecified atom stereocenters. The molecule has 0 aromatic heterocycles. The molecule has 14 heavy (non-hydrogen) atoms. The van der Waals surface area contributed by atoms with E-state index in [2.05, 4.69) is 0 Å². The van der Waals surface area contributed by atoms with E-state index < -0.39 is 5.25 Å². The van der Waals surface area contributed by atoms with Crippen LogP contribution in [-0.4, -0.2) is 10.2 Å². The van der Waals surface area contributed by atoms with Gasteiger partial charge in [-0.05, 0) is 18.6 Å². The Morgan fingerprint density at radius 3 is 2.07 bits per heavy atom. The van der Waals surface area contributed by atoms with E-state index in [0.29, 0.717) is 5.56 Å². The summed E-state index contributed by atoms with van der Waals surface area (Å²) in [6.07, 6.45) is 0. The highest BCUT2D eigenvalue weighted by Gasteiger charge is 2.27. The number of rotatable bonds is 1. The van der Waals surface area contributed by atoms with E-state index in [4.69, 9.17) is 56.6 Å². The molecule has 6 heteroatoms. The zero-order valence-corrected chi connectivity index (χ0v) is 10.0. The van der Waals surface area contributed by atoms with Gasteiger partial charge in [-0.25, -0.2) is 0 Å². The van der Waals surface area contributed by atoms with Crippen molar-refractivity contribution in [3.8, 4) is 0 Å². The molecule has 0 saturated carbocycles. The maximum absolute atomic E-state index is 9.14. The standard InChI is InChI=1S/C8H6Cl4O2/c1-3-6(10)4(8(12,13)14)2-5(9)7(3)11/h2,13-14H,1H3. The summed E-state index contributed by atoms with van der Waals surface area (Å²) in [5, 5.41) is 16.3. The van der Waals surface area contributed by atoms with Crippen LogP contribution in [0.25, 0.3) is 0 Å². The van der Waals surface area contributed by atoms with Crippen molar-refractivity contribution in [2.45, 2.75) is 12.2 Å². The molecule has 1 aromatic rings. The minimum atomic E-state index is -2.55. The average molecular weight is 276 g/mol. The Morgan fingerprint density at radius 1 is 1.14 bits per heavy atom. The second kappa shape index (κ2) is 4.05. The van der Waals surface area contributed by atoms with Crippen molar-refractivity contribution >= 4 is 46.4 Å². The fourth-order valence-corrected chi connectivity index (χ4v) is 1.89. The molecule has 0 radical (unpaired) electrons. The zero-order valence-electron chi connectivity index (χ0n) is 6.98. The van der Waals surface area contributed by atoms with Gasteiger partial charge in [0.1, 0.15) is 0 Å². The van der Waals surface area contributed by atoms with E-state index in [1.165, 1.54) is 6.07 Å². The molecule has 0 atom stereocenters. The summed E-state index contributed by atoms with van der Waals surface area (Å²) in [4.78, 5) is 0. The van der Waals surface area contributed by atoms with Crippen LogP contribution >= 0.6 is 46.4 Å². The van der Waals surface area contributed by atoms with Crippen molar-refractivity contribution in [3.63, 3.8) is 0 Å². The van der Waals surface area contributed by atoms with E-state index >= 15 is 0 Å². The first-order chi connectivity index (χ1) is 6.25. The van der Waals surface area contributed by atoms with E-state index in [0.717, 1.165) is 0 Å². The lowest BCUT2D eigenvalue weighted by Crippen LogP contribution is -2.17. The Morgan fingerprint density at radius 2 is 1.64 bits per heavy atom. The SMILES string of the molecule is Cc1c(Cl)c(Cl)cc(C(O)(O)Cl)c1Cl. The van der Waals surface area contributed by atoms with E-state index in [-0.39, 0.29) is 20.6 Å². The van der Waals surface area contributed by atoms with Crippen molar-refractivity contribution in [1.82, 2.24) is 0 Å². The first-order valence-electron chi connectivity index (χ1n) is 3.53. The van der Waals surface area contributed by atoms with Gasteiger partial charge >= 0.3 is 0 Å². The summed E-state index contributed by atoms with van der Waals surface area (Å²) in [5.41, 5.74) is 0.358. The summed E-state index contributed by atoms with van der Waals surface area (Å²) in [5.74, 6) is 0. The van der Waals surface area contributed by atoms with E-state index in [1.54, 1.807) is 6.92 Å². The van der Waals surface area contributed by atoms with Crippen LogP contribution in [0.15, 0.2) is 6.07 Å². The van der Waals surface area contributed by atoms with Crippen molar-refractivity contribution < 1.29 is 10.2 Å². The van der Waals surface area contributed by atoms with Gasteiger partial charge < -0.3 is 10.2 Å². The predicted octanol–water partition coefficient (Wildman–Crippen LogP) is 3.29. The van der Waals surface area contributed by atoms with Gasteiger partial charge in [-0.1, -0.05) is 46.4 Å². The van der Waals surface area contributed by atoms with Gasteiger partial charge in [-0.3, -0.25) is 0 Å². The third kappa shape index (κ3) is 2.27. The van der Waals surface area contributed by atoms with Crippen LogP contribution in [0, 0.1) is 6.92 Å². The van der Waals surface area contributed by atoms with Gasteiger partial charge in [0.05, 0.1) is 15.1 Å². The first-order valence-corrected chi connectivity index (χ1v) is 5.04. The molecule has 0 bridgehead atoms. The smallest absolute Gasteiger partial charge is 0.272 e. The predicted molar refractivity (Wildman–Crippen MR) is 58.2 cm³/mol. The maximum atomic E-state index is 9.14. The number of hydrogen-bond donors (Lipinski definition) is 2. The number of alkyl halides is 1. The minimum absolute atomic E-state index is 0.0828. The molecule has 0 fully saturated rings. The van der Waals surface area contributed by atoms with Crippen molar-refractivity contribution in [2.75, 3.05) is 0 Å². The molecule has 0 aliphatic heterocycles. The molecule has 78 valence electrons. The lowest BCUT2D eigenvalue weighted by atomic mass is 10.1. The zero-order chi connectivity index (χ0) is 11.1. The van der Waals surface area contributed by atoms with Gasteiger partial charge in [0.2, 0.25) is 0 Å². The topological polar surface area (TPSA) is 40.5 Å². The molecule has 0 heterocycles. The second-order valence-electron chi connectivity index (χ2n) is 2.75. The number of halogens is 4. The van der Waals surface area contributed by atoms with Gasteiger partial charge in [0.25, 0.3) is 5.25 Å². The molecular weight excluding hydrogens is 270 g/mol. The van der Waals surface area contributed by atoms with Crippen molar-refractivity contribution in [1.29, 1.82) is 0 Å². The molecule has 2 N–H and O–H groups in total. The lowest BCUT2D eigenvalue weighted by Gasteiger charge is -2.17. The molecule has 0 amide bonds. The highest BCUT2D eigenvalue weighted by molar-refractivity contribution is 6.44. The van der Waals surface area contributed by atoms with Crippen LogP contribution in [0.3, 0.4) is 0 Å². The Bertz CT molecular complexity index is 371. The Balaban J connectivity index is 3.49. The van der Waals surface area contributed by atoms with Gasteiger partial charge in [0, 0.05) is 5.56 Å². The molecule has 1 rings (SSSR count). The van der Waals surface area contributed by atoms with Crippen LogP contribution in [0.4, 0.5) is 0 Å². The minimum Gasteiger partial charge on any atom is -0.350 e. The Hall–Kier alpha value is 0.300. The molecule has 0 aliphatic carbocycles. The molecule has 2 nitrogen and oxygen atoms in total. The monoisotopic (exact) mass is 274 g/mol. The number of hydrogen-bond acceptors (Lipinski definition) is 2. The lowest BCUT2D eigenvalue weighted by molar-refractivity contribution is -0.0901.